The first-order valence-corrected chi connectivity index (χ1v) is 11.6. The Balaban J connectivity index is 0.00000152. The van der Waals surface area contributed by atoms with Crippen LogP contribution >= 0.6 is 24.8 Å². The Hall–Kier alpha value is -3.29. The van der Waals surface area contributed by atoms with Crippen molar-refractivity contribution in [1.82, 2.24) is 15.2 Å². The summed E-state index contributed by atoms with van der Waals surface area (Å²) in [6.07, 6.45) is 3.67. The largest absolute Gasteiger partial charge is 0.507 e. The predicted octanol–water partition coefficient (Wildman–Crippen LogP) is 5.41. The molecule has 8 heteroatoms. The monoisotopic (exact) mass is 523 g/mol. The summed E-state index contributed by atoms with van der Waals surface area (Å²) in [6, 6.07) is 19.4. The molecule has 0 unspecified atom stereocenters. The van der Waals surface area contributed by atoms with E-state index in [1.165, 1.54) is 0 Å². The lowest BCUT2D eigenvalue weighted by Gasteiger charge is -2.28. The molecule has 1 aromatic heterocycles. The molecule has 0 saturated carbocycles. The lowest BCUT2D eigenvalue weighted by molar-refractivity contribution is 0.101. The van der Waals surface area contributed by atoms with Gasteiger partial charge in [-0.3, -0.25) is 9.69 Å². The second-order valence-corrected chi connectivity index (χ2v) is 8.75. The Kier molecular flexibility index (Phi) is 7.71. The first kappa shape index (κ1) is 25.8. The third-order valence-corrected chi connectivity index (χ3v) is 6.61. The van der Waals surface area contributed by atoms with Gasteiger partial charge >= 0.3 is 0 Å². The first-order chi connectivity index (χ1) is 16.7. The smallest absolute Gasteiger partial charge is 0.232 e. The Labute approximate surface area is 221 Å². The third kappa shape index (κ3) is 4.61. The number of allylic oxidation sites excluding steroid dienone is 1. The second kappa shape index (κ2) is 10.8. The average molecular weight is 524 g/mol. The first-order valence-electron chi connectivity index (χ1n) is 11.6. The topological polar surface area (TPSA) is 77.6 Å². The van der Waals surface area contributed by atoms with Gasteiger partial charge in [-0.05, 0) is 23.8 Å². The molecule has 0 spiro atoms. The highest BCUT2D eigenvalue weighted by molar-refractivity contribution is 6.16. The highest BCUT2D eigenvalue weighted by Gasteiger charge is 2.34. The Bertz CT molecular complexity index is 1430. The van der Waals surface area contributed by atoms with Crippen molar-refractivity contribution in [1.29, 1.82) is 0 Å². The number of hydrogen-bond donors (Lipinski definition) is 3. The number of hydrogen-bond acceptors (Lipinski definition) is 5. The summed E-state index contributed by atoms with van der Waals surface area (Å²) < 4.78 is 6.18. The highest BCUT2D eigenvalue weighted by atomic mass is 35.5. The minimum absolute atomic E-state index is 0. The van der Waals surface area contributed by atoms with Crippen molar-refractivity contribution in [3.8, 4) is 22.6 Å². The van der Waals surface area contributed by atoms with Gasteiger partial charge in [-0.1, -0.05) is 48.5 Å². The van der Waals surface area contributed by atoms with Crippen LogP contribution in [0.25, 0.3) is 28.1 Å². The molecule has 3 heterocycles. The van der Waals surface area contributed by atoms with E-state index in [1.54, 1.807) is 12.1 Å². The van der Waals surface area contributed by atoms with Crippen LogP contribution in [0, 0.1) is 0 Å². The van der Waals surface area contributed by atoms with Gasteiger partial charge in [-0.25, -0.2) is 0 Å². The number of aromatic nitrogens is 1. The second-order valence-electron chi connectivity index (χ2n) is 8.75. The number of rotatable bonds is 4. The fourth-order valence-electron chi connectivity index (χ4n) is 4.81. The predicted molar refractivity (Wildman–Crippen MR) is 147 cm³/mol. The van der Waals surface area contributed by atoms with E-state index < -0.39 is 0 Å². The van der Waals surface area contributed by atoms with E-state index in [-0.39, 0.29) is 42.1 Å². The van der Waals surface area contributed by atoms with E-state index in [0.29, 0.717) is 29.0 Å². The summed E-state index contributed by atoms with van der Waals surface area (Å²) >= 11 is 0. The van der Waals surface area contributed by atoms with Gasteiger partial charge in [0, 0.05) is 61.0 Å². The normalized spacial score (nSPS) is 16.3. The van der Waals surface area contributed by atoms with E-state index >= 15 is 0 Å². The minimum atomic E-state index is -0.168. The average Bonchev–Trinajstić information content (AvgIpc) is 3.43. The molecule has 0 bridgehead atoms. The number of ether oxygens (including phenoxy) is 1. The number of H-pyrrole nitrogens is 1. The van der Waals surface area contributed by atoms with Gasteiger partial charge in [0.15, 0.2) is 5.76 Å². The molecule has 4 aromatic rings. The number of phenolic OH excluding ortho intramolecular Hbond substituents is 1. The molecule has 6 rings (SSSR count). The molecular formula is C28H27Cl2N3O3. The summed E-state index contributed by atoms with van der Waals surface area (Å²) in [5.41, 5.74) is 4.56. The maximum Gasteiger partial charge on any atom is 0.232 e. The number of benzene rings is 3. The van der Waals surface area contributed by atoms with Gasteiger partial charge < -0.3 is 20.1 Å². The molecule has 2 aliphatic rings. The van der Waals surface area contributed by atoms with Gasteiger partial charge in [0.2, 0.25) is 5.78 Å². The van der Waals surface area contributed by atoms with Crippen LogP contribution in [0.15, 0.2) is 72.6 Å². The van der Waals surface area contributed by atoms with Crippen molar-refractivity contribution in [2.45, 2.75) is 6.54 Å². The van der Waals surface area contributed by atoms with Crippen molar-refractivity contribution in [3.63, 3.8) is 0 Å². The van der Waals surface area contributed by atoms with Gasteiger partial charge in [0.25, 0.3) is 0 Å². The Morgan fingerprint density at radius 3 is 2.47 bits per heavy atom. The summed E-state index contributed by atoms with van der Waals surface area (Å²) in [4.78, 5) is 19.0. The van der Waals surface area contributed by atoms with E-state index in [9.17, 15) is 9.90 Å². The van der Waals surface area contributed by atoms with Crippen molar-refractivity contribution in [2.75, 3.05) is 26.2 Å². The number of piperazine rings is 1. The molecule has 0 aliphatic carbocycles. The molecule has 0 amide bonds. The Morgan fingerprint density at radius 2 is 1.69 bits per heavy atom. The molecule has 0 radical (unpaired) electrons. The number of phenols is 1. The molecule has 3 N–H and O–H groups in total. The number of carbonyl (C=O) groups excluding carboxylic acids is 1. The van der Waals surface area contributed by atoms with Crippen LogP contribution in [0.5, 0.6) is 11.5 Å². The van der Waals surface area contributed by atoms with Crippen LogP contribution in [0.3, 0.4) is 0 Å². The fourth-order valence-corrected chi connectivity index (χ4v) is 4.81. The number of Topliss-reactive ketones (excluding diaryl/α,β-unsaturated/α-hetero) is 1. The van der Waals surface area contributed by atoms with E-state index in [2.05, 4.69) is 15.2 Å². The van der Waals surface area contributed by atoms with Crippen LogP contribution in [-0.2, 0) is 6.54 Å². The Morgan fingerprint density at radius 1 is 0.972 bits per heavy atom. The molecule has 1 fully saturated rings. The number of halogens is 2. The third-order valence-electron chi connectivity index (χ3n) is 6.61. The van der Waals surface area contributed by atoms with Crippen molar-refractivity contribution in [3.05, 3.63) is 89.3 Å². The maximum atomic E-state index is 13.5. The number of nitrogens with one attached hydrogen (secondary N) is 2. The zero-order valence-corrected chi connectivity index (χ0v) is 21.1. The number of aromatic hydroxyl groups is 1. The number of carbonyl (C=O) groups is 1. The van der Waals surface area contributed by atoms with Gasteiger partial charge in [-0.2, -0.15) is 0 Å². The molecule has 186 valence electrons. The quantitative estimate of drug-likeness (QED) is 0.312. The summed E-state index contributed by atoms with van der Waals surface area (Å²) in [5.74, 6) is 0.737. The number of nitrogens with zero attached hydrogens (tertiary/aromatic N) is 1. The summed E-state index contributed by atoms with van der Waals surface area (Å²) in [5, 5.41) is 15.7. The molecule has 3 aromatic carbocycles. The molecule has 6 nitrogen and oxygen atoms in total. The summed E-state index contributed by atoms with van der Waals surface area (Å²) in [6.45, 7) is 4.05. The lowest BCUT2D eigenvalue weighted by Crippen LogP contribution is -2.42. The fraction of sp³-hybridized carbons (Fsp3) is 0.179. The molecule has 1 saturated heterocycles. The number of aromatic amines is 1. The van der Waals surface area contributed by atoms with Gasteiger partial charge in [0.1, 0.15) is 11.5 Å². The number of para-hydroxylation sites is 1. The van der Waals surface area contributed by atoms with Gasteiger partial charge in [0.05, 0.1) is 11.1 Å². The maximum absolute atomic E-state index is 13.5. The molecule has 0 atom stereocenters. The standard InChI is InChI=1S/C28H25N3O3.2ClH/c32-26-21(18-6-2-1-3-7-18)15-22-27(33)25(14-19-16-30-24-9-5-4-8-20(19)24)34-28(22)23(26)17-31-12-10-29-11-13-31;;/h1-9,14-16,29-30,32H,10-13,17H2;2*1H. The zero-order chi connectivity index (χ0) is 23.1. The van der Waals surface area contributed by atoms with Crippen molar-refractivity contribution in [2.24, 2.45) is 0 Å². The van der Waals surface area contributed by atoms with Crippen LogP contribution < -0.4 is 10.1 Å². The van der Waals surface area contributed by atoms with Gasteiger partial charge in [-0.15, -0.1) is 24.8 Å². The summed E-state index contributed by atoms with van der Waals surface area (Å²) in [7, 11) is 0. The molecular weight excluding hydrogens is 497 g/mol. The van der Waals surface area contributed by atoms with E-state index in [1.807, 2.05) is 60.8 Å². The molecule has 36 heavy (non-hydrogen) atoms. The zero-order valence-electron chi connectivity index (χ0n) is 19.5. The van der Waals surface area contributed by atoms with Crippen molar-refractivity contribution < 1.29 is 14.6 Å². The SMILES string of the molecule is Cl.Cl.O=C1C(=Cc2c[nH]c3ccccc23)Oc2c1cc(-c1ccccc1)c(O)c2CN1CCNCC1. The number of fused-ring (bicyclic) bond motifs is 2. The van der Waals surface area contributed by atoms with Crippen LogP contribution in [-0.4, -0.2) is 47.0 Å². The molecule has 2 aliphatic heterocycles. The lowest BCUT2D eigenvalue weighted by atomic mass is 9.95. The highest BCUT2D eigenvalue weighted by Crippen LogP contribution is 2.45. The van der Waals surface area contributed by atoms with Crippen LogP contribution in [0.2, 0.25) is 0 Å². The minimum Gasteiger partial charge on any atom is -0.507 e. The van der Waals surface area contributed by atoms with E-state index in [0.717, 1.165) is 48.2 Å². The number of ketones is 1. The van der Waals surface area contributed by atoms with E-state index in [4.69, 9.17) is 4.74 Å². The van der Waals surface area contributed by atoms with Crippen LogP contribution in [0.4, 0.5) is 0 Å². The van der Waals surface area contributed by atoms with Crippen LogP contribution in [0.1, 0.15) is 21.5 Å². The van der Waals surface area contributed by atoms with Crippen molar-refractivity contribution >= 4 is 47.6 Å².